The van der Waals surface area contributed by atoms with Gasteiger partial charge in [-0.25, -0.2) is 0 Å². The van der Waals surface area contributed by atoms with E-state index in [9.17, 15) is 4.79 Å². The monoisotopic (exact) mass is 206 g/mol. The standard InChI is InChI=1S/C13H18O2/c1-4-10-9-11(12(14)5-2)7-8-13(10)15-6-3/h7-9H,4-6H2,1-3H3. The summed E-state index contributed by atoms with van der Waals surface area (Å²) in [6.07, 6.45) is 1.44. The molecule has 0 spiro atoms. The van der Waals surface area contributed by atoms with Crippen LogP contribution in [-0.4, -0.2) is 12.4 Å². The van der Waals surface area contributed by atoms with Gasteiger partial charge in [-0.05, 0) is 37.1 Å². The van der Waals surface area contributed by atoms with Crippen molar-refractivity contribution in [3.63, 3.8) is 0 Å². The van der Waals surface area contributed by atoms with E-state index in [-0.39, 0.29) is 5.78 Å². The fourth-order valence-electron chi connectivity index (χ4n) is 1.53. The molecular formula is C13H18O2. The Morgan fingerprint density at radius 3 is 2.53 bits per heavy atom. The fourth-order valence-corrected chi connectivity index (χ4v) is 1.53. The van der Waals surface area contributed by atoms with Gasteiger partial charge in [0.15, 0.2) is 5.78 Å². The summed E-state index contributed by atoms with van der Waals surface area (Å²) in [4.78, 5) is 11.5. The second-order valence-corrected chi connectivity index (χ2v) is 3.39. The van der Waals surface area contributed by atoms with E-state index in [4.69, 9.17) is 4.74 Å². The van der Waals surface area contributed by atoms with E-state index < -0.39 is 0 Å². The summed E-state index contributed by atoms with van der Waals surface area (Å²) in [7, 11) is 0. The highest BCUT2D eigenvalue weighted by atomic mass is 16.5. The highest BCUT2D eigenvalue weighted by Gasteiger charge is 2.07. The Labute approximate surface area is 91.3 Å². The van der Waals surface area contributed by atoms with Crippen molar-refractivity contribution < 1.29 is 9.53 Å². The molecule has 0 radical (unpaired) electrons. The molecule has 1 aromatic rings. The Morgan fingerprint density at radius 1 is 1.27 bits per heavy atom. The second-order valence-electron chi connectivity index (χ2n) is 3.39. The maximum atomic E-state index is 11.5. The number of ketones is 1. The summed E-state index contributed by atoms with van der Waals surface area (Å²) in [5.41, 5.74) is 1.90. The highest BCUT2D eigenvalue weighted by molar-refractivity contribution is 5.96. The van der Waals surface area contributed by atoms with Gasteiger partial charge in [0.05, 0.1) is 6.61 Å². The molecule has 82 valence electrons. The fraction of sp³-hybridized carbons (Fsp3) is 0.462. The SMILES string of the molecule is CCOc1ccc(C(=O)CC)cc1CC. The second kappa shape index (κ2) is 5.54. The summed E-state index contributed by atoms with van der Waals surface area (Å²) < 4.78 is 5.48. The number of aryl methyl sites for hydroxylation is 1. The van der Waals surface area contributed by atoms with Crippen LogP contribution in [0.4, 0.5) is 0 Å². The molecule has 0 heterocycles. The van der Waals surface area contributed by atoms with Crippen LogP contribution in [0.5, 0.6) is 5.75 Å². The molecule has 0 aromatic heterocycles. The zero-order valence-electron chi connectivity index (χ0n) is 9.67. The number of hydrogen-bond donors (Lipinski definition) is 0. The number of benzene rings is 1. The topological polar surface area (TPSA) is 26.3 Å². The molecule has 15 heavy (non-hydrogen) atoms. The molecule has 0 bridgehead atoms. The lowest BCUT2D eigenvalue weighted by molar-refractivity contribution is 0.0988. The summed E-state index contributed by atoms with van der Waals surface area (Å²) in [6.45, 7) is 6.57. The lowest BCUT2D eigenvalue weighted by Gasteiger charge is -2.09. The average Bonchev–Trinajstić information content (AvgIpc) is 2.29. The molecule has 0 unspecified atom stereocenters. The van der Waals surface area contributed by atoms with E-state index in [1.54, 1.807) is 0 Å². The van der Waals surface area contributed by atoms with Gasteiger partial charge in [-0.15, -0.1) is 0 Å². The van der Waals surface area contributed by atoms with Crippen LogP contribution in [0.15, 0.2) is 18.2 Å². The lowest BCUT2D eigenvalue weighted by atomic mass is 10.0. The number of Topliss-reactive ketones (excluding diaryl/α,β-unsaturated/α-hetero) is 1. The number of rotatable bonds is 5. The van der Waals surface area contributed by atoms with Crippen LogP contribution in [0, 0.1) is 0 Å². The van der Waals surface area contributed by atoms with E-state index in [1.165, 1.54) is 0 Å². The lowest BCUT2D eigenvalue weighted by Crippen LogP contribution is -2.01. The quantitative estimate of drug-likeness (QED) is 0.691. The van der Waals surface area contributed by atoms with E-state index in [0.717, 1.165) is 23.3 Å². The number of hydrogen-bond acceptors (Lipinski definition) is 2. The van der Waals surface area contributed by atoms with Gasteiger partial charge in [-0.1, -0.05) is 13.8 Å². The minimum atomic E-state index is 0.188. The number of ether oxygens (including phenoxy) is 1. The summed E-state index contributed by atoms with van der Waals surface area (Å²) in [5, 5.41) is 0. The molecule has 2 nitrogen and oxygen atoms in total. The molecule has 0 fully saturated rings. The molecule has 0 amide bonds. The minimum Gasteiger partial charge on any atom is -0.494 e. The molecule has 0 saturated carbocycles. The third kappa shape index (κ3) is 2.82. The van der Waals surface area contributed by atoms with Crippen LogP contribution >= 0.6 is 0 Å². The van der Waals surface area contributed by atoms with Crippen molar-refractivity contribution in [2.24, 2.45) is 0 Å². The maximum Gasteiger partial charge on any atom is 0.162 e. The highest BCUT2D eigenvalue weighted by Crippen LogP contribution is 2.21. The van der Waals surface area contributed by atoms with Gasteiger partial charge in [0.2, 0.25) is 0 Å². The molecular weight excluding hydrogens is 188 g/mol. The first-order valence-corrected chi connectivity index (χ1v) is 5.51. The van der Waals surface area contributed by atoms with Gasteiger partial charge in [-0.3, -0.25) is 4.79 Å². The van der Waals surface area contributed by atoms with Crippen molar-refractivity contribution >= 4 is 5.78 Å². The Morgan fingerprint density at radius 2 is 2.00 bits per heavy atom. The number of carbonyl (C=O) groups is 1. The maximum absolute atomic E-state index is 11.5. The third-order valence-electron chi connectivity index (χ3n) is 2.38. The summed E-state index contributed by atoms with van der Waals surface area (Å²) >= 11 is 0. The molecule has 0 atom stereocenters. The van der Waals surface area contributed by atoms with E-state index in [0.29, 0.717) is 13.0 Å². The first-order valence-electron chi connectivity index (χ1n) is 5.51. The van der Waals surface area contributed by atoms with Gasteiger partial charge in [0.1, 0.15) is 5.75 Å². The van der Waals surface area contributed by atoms with Crippen molar-refractivity contribution in [3.8, 4) is 5.75 Å². The first-order chi connectivity index (χ1) is 7.22. The van der Waals surface area contributed by atoms with Crippen LogP contribution in [-0.2, 0) is 6.42 Å². The van der Waals surface area contributed by atoms with Crippen molar-refractivity contribution in [2.75, 3.05) is 6.61 Å². The van der Waals surface area contributed by atoms with Gasteiger partial charge < -0.3 is 4.74 Å². The van der Waals surface area contributed by atoms with Gasteiger partial charge in [0.25, 0.3) is 0 Å². The third-order valence-corrected chi connectivity index (χ3v) is 2.38. The normalized spacial score (nSPS) is 10.1. The van der Waals surface area contributed by atoms with E-state index in [1.807, 2.05) is 32.0 Å². The van der Waals surface area contributed by atoms with Gasteiger partial charge in [0, 0.05) is 12.0 Å². The van der Waals surface area contributed by atoms with E-state index in [2.05, 4.69) is 6.92 Å². The molecule has 0 N–H and O–H groups in total. The van der Waals surface area contributed by atoms with Crippen LogP contribution in [0.25, 0.3) is 0 Å². The average molecular weight is 206 g/mol. The molecule has 0 aliphatic rings. The Hall–Kier alpha value is -1.31. The van der Waals surface area contributed by atoms with Crippen molar-refractivity contribution in [2.45, 2.75) is 33.6 Å². The van der Waals surface area contributed by atoms with Crippen molar-refractivity contribution in [3.05, 3.63) is 29.3 Å². The molecule has 0 aliphatic carbocycles. The Kier molecular flexibility index (Phi) is 4.35. The predicted octanol–water partition coefficient (Wildman–Crippen LogP) is 3.24. The zero-order chi connectivity index (χ0) is 11.3. The van der Waals surface area contributed by atoms with Gasteiger partial charge >= 0.3 is 0 Å². The van der Waals surface area contributed by atoms with Crippen LogP contribution in [0.3, 0.4) is 0 Å². The first kappa shape index (κ1) is 11.8. The largest absolute Gasteiger partial charge is 0.494 e. The molecule has 1 aromatic carbocycles. The number of carbonyl (C=O) groups excluding carboxylic acids is 1. The van der Waals surface area contributed by atoms with Gasteiger partial charge in [-0.2, -0.15) is 0 Å². The summed E-state index contributed by atoms with van der Waals surface area (Å²) in [5.74, 6) is 1.08. The van der Waals surface area contributed by atoms with Crippen molar-refractivity contribution in [1.29, 1.82) is 0 Å². The molecule has 1 rings (SSSR count). The van der Waals surface area contributed by atoms with E-state index >= 15 is 0 Å². The minimum absolute atomic E-state index is 0.188. The summed E-state index contributed by atoms with van der Waals surface area (Å²) in [6, 6.07) is 5.68. The Balaban J connectivity index is 3.01. The van der Waals surface area contributed by atoms with Crippen molar-refractivity contribution in [1.82, 2.24) is 0 Å². The Bertz CT molecular complexity index is 342. The van der Waals surface area contributed by atoms with Crippen LogP contribution in [0.2, 0.25) is 0 Å². The predicted molar refractivity (Wildman–Crippen MR) is 61.6 cm³/mol. The van der Waals surface area contributed by atoms with Crippen LogP contribution in [0.1, 0.15) is 43.1 Å². The van der Waals surface area contributed by atoms with Crippen LogP contribution < -0.4 is 4.74 Å². The smallest absolute Gasteiger partial charge is 0.162 e. The zero-order valence-corrected chi connectivity index (χ0v) is 9.67. The molecule has 0 aliphatic heterocycles. The molecule has 0 saturated heterocycles. The molecule has 2 heteroatoms.